The second-order valence-corrected chi connectivity index (χ2v) is 5.57. The van der Waals surface area contributed by atoms with E-state index >= 15 is 0 Å². The van der Waals surface area contributed by atoms with E-state index in [0.29, 0.717) is 12.5 Å². The van der Waals surface area contributed by atoms with Crippen LogP contribution in [0.15, 0.2) is 18.2 Å². The van der Waals surface area contributed by atoms with Gasteiger partial charge in [0, 0.05) is 19.0 Å². The van der Waals surface area contributed by atoms with Crippen molar-refractivity contribution in [3.8, 4) is 5.75 Å². The average Bonchev–Trinajstić information content (AvgIpc) is 2.74. The highest BCUT2D eigenvalue weighted by Crippen LogP contribution is 2.23. The Morgan fingerprint density at radius 3 is 2.80 bits per heavy atom. The van der Waals surface area contributed by atoms with Gasteiger partial charge in [-0.1, -0.05) is 20.8 Å². The van der Waals surface area contributed by atoms with E-state index in [4.69, 9.17) is 15.5 Å². The number of rotatable bonds is 7. The molecule has 2 aromatic rings. The minimum absolute atomic E-state index is 0.583. The topological polar surface area (TPSA) is 53.1 Å². The van der Waals surface area contributed by atoms with Crippen LogP contribution in [0.1, 0.15) is 33.0 Å². The lowest BCUT2D eigenvalue weighted by Gasteiger charge is -2.11. The fraction of sp³-hybridized carbons (Fsp3) is 0.562. The molecule has 2 rings (SSSR count). The smallest absolute Gasteiger partial charge is 0.121 e. The maximum absolute atomic E-state index is 5.70. The third-order valence-corrected chi connectivity index (χ3v) is 3.19. The number of nitrogens with two attached hydrogens (primary N) is 1. The molecule has 1 heterocycles. The van der Waals surface area contributed by atoms with Crippen molar-refractivity contribution < 1.29 is 4.74 Å². The van der Waals surface area contributed by atoms with Gasteiger partial charge in [-0.05, 0) is 31.0 Å². The third-order valence-electron chi connectivity index (χ3n) is 3.19. The van der Waals surface area contributed by atoms with Crippen molar-refractivity contribution >= 4 is 11.0 Å². The fourth-order valence-electron chi connectivity index (χ4n) is 2.36. The van der Waals surface area contributed by atoms with Crippen LogP contribution in [0.4, 0.5) is 0 Å². The molecule has 0 amide bonds. The van der Waals surface area contributed by atoms with E-state index in [1.54, 1.807) is 0 Å². The summed E-state index contributed by atoms with van der Waals surface area (Å²) >= 11 is 0. The molecule has 0 fully saturated rings. The standard InChI is InChI=1S/C16H25N3O/c1-4-9-20-13-5-6-15-14(10-13)18-16(7-8-17)19(15)11-12(2)3/h5-6,10,12H,4,7-9,11,17H2,1-3H3. The molecule has 0 radical (unpaired) electrons. The Labute approximate surface area is 120 Å². The highest BCUT2D eigenvalue weighted by atomic mass is 16.5. The molecule has 0 atom stereocenters. The monoisotopic (exact) mass is 275 g/mol. The van der Waals surface area contributed by atoms with Gasteiger partial charge in [0.2, 0.25) is 0 Å². The van der Waals surface area contributed by atoms with E-state index in [0.717, 1.165) is 43.1 Å². The maximum Gasteiger partial charge on any atom is 0.121 e. The average molecular weight is 275 g/mol. The van der Waals surface area contributed by atoms with Crippen molar-refractivity contribution in [1.82, 2.24) is 9.55 Å². The quantitative estimate of drug-likeness (QED) is 0.845. The Morgan fingerprint density at radius 1 is 1.35 bits per heavy atom. The zero-order valence-electron chi connectivity index (χ0n) is 12.7. The van der Waals surface area contributed by atoms with Crippen LogP contribution in [0.2, 0.25) is 0 Å². The van der Waals surface area contributed by atoms with Crippen molar-refractivity contribution in [1.29, 1.82) is 0 Å². The highest BCUT2D eigenvalue weighted by Gasteiger charge is 2.12. The Bertz CT molecular complexity index is 560. The van der Waals surface area contributed by atoms with Crippen molar-refractivity contribution in [2.24, 2.45) is 11.7 Å². The molecule has 1 aromatic carbocycles. The summed E-state index contributed by atoms with van der Waals surface area (Å²) in [5.41, 5.74) is 7.87. The fourth-order valence-corrected chi connectivity index (χ4v) is 2.36. The third kappa shape index (κ3) is 3.31. The van der Waals surface area contributed by atoms with Gasteiger partial charge in [0.05, 0.1) is 17.6 Å². The lowest BCUT2D eigenvalue weighted by Crippen LogP contribution is -2.12. The molecule has 0 aliphatic carbocycles. The molecular weight excluding hydrogens is 250 g/mol. The molecular formula is C16H25N3O. The van der Waals surface area contributed by atoms with Crippen molar-refractivity contribution in [2.75, 3.05) is 13.2 Å². The largest absolute Gasteiger partial charge is 0.494 e. The number of hydrogen-bond donors (Lipinski definition) is 1. The molecule has 0 saturated heterocycles. The van der Waals surface area contributed by atoms with Crippen LogP contribution in [0.5, 0.6) is 5.75 Å². The van der Waals surface area contributed by atoms with Gasteiger partial charge in [-0.2, -0.15) is 0 Å². The van der Waals surface area contributed by atoms with Crippen LogP contribution < -0.4 is 10.5 Å². The molecule has 4 heteroatoms. The van der Waals surface area contributed by atoms with Gasteiger partial charge in [-0.25, -0.2) is 4.98 Å². The molecule has 0 saturated carbocycles. The van der Waals surface area contributed by atoms with Gasteiger partial charge < -0.3 is 15.0 Å². The van der Waals surface area contributed by atoms with Crippen LogP contribution in [-0.4, -0.2) is 22.7 Å². The number of benzene rings is 1. The second-order valence-electron chi connectivity index (χ2n) is 5.57. The maximum atomic E-state index is 5.70. The summed E-state index contributed by atoms with van der Waals surface area (Å²) in [7, 11) is 0. The number of fused-ring (bicyclic) bond motifs is 1. The molecule has 1 aromatic heterocycles. The summed E-state index contributed by atoms with van der Waals surface area (Å²) in [6.07, 6.45) is 1.82. The summed E-state index contributed by atoms with van der Waals surface area (Å²) < 4.78 is 7.97. The predicted octanol–water partition coefficient (Wildman–Crippen LogP) is 2.98. The van der Waals surface area contributed by atoms with Gasteiger partial charge >= 0.3 is 0 Å². The number of imidazole rings is 1. The summed E-state index contributed by atoms with van der Waals surface area (Å²) in [6.45, 7) is 8.89. The van der Waals surface area contributed by atoms with Gasteiger partial charge in [-0.3, -0.25) is 0 Å². The van der Waals surface area contributed by atoms with Crippen molar-refractivity contribution in [3.05, 3.63) is 24.0 Å². The molecule has 0 aliphatic rings. The van der Waals surface area contributed by atoms with Gasteiger partial charge in [0.25, 0.3) is 0 Å². The van der Waals surface area contributed by atoms with E-state index in [-0.39, 0.29) is 0 Å². The SMILES string of the molecule is CCCOc1ccc2c(c1)nc(CCN)n2CC(C)C. The van der Waals surface area contributed by atoms with Gasteiger partial charge in [0.15, 0.2) is 0 Å². The van der Waals surface area contributed by atoms with Gasteiger partial charge in [-0.15, -0.1) is 0 Å². The second kappa shape index (κ2) is 6.75. The van der Waals surface area contributed by atoms with Crippen LogP contribution >= 0.6 is 0 Å². The number of aromatic nitrogens is 2. The van der Waals surface area contributed by atoms with Crippen molar-refractivity contribution in [3.63, 3.8) is 0 Å². The first-order valence-electron chi connectivity index (χ1n) is 7.47. The molecule has 0 unspecified atom stereocenters. The van der Waals surface area contributed by atoms with Crippen LogP contribution in [-0.2, 0) is 13.0 Å². The van der Waals surface area contributed by atoms with Crippen molar-refractivity contribution in [2.45, 2.75) is 40.2 Å². The van der Waals surface area contributed by atoms with E-state index < -0.39 is 0 Å². The summed E-state index contributed by atoms with van der Waals surface area (Å²) in [4.78, 5) is 4.73. The van der Waals surface area contributed by atoms with E-state index in [2.05, 4.69) is 31.4 Å². The molecule has 0 spiro atoms. The van der Waals surface area contributed by atoms with E-state index in [1.165, 1.54) is 5.52 Å². The number of hydrogen-bond acceptors (Lipinski definition) is 3. The lowest BCUT2D eigenvalue weighted by atomic mass is 10.2. The first kappa shape index (κ1) is 14.9. The highest BCUT2D eigenvalue weighted by molar-refractivity contribution is 5.77. The number of nitrogens with zero attached hydrogens (tertiary/aromatic N) is 2. The first-order chi connectivity index (χ1) is 9.65. The zero-order valence-corrected chi connectivity index (χ0v) is 12.7. The molecule has 0 aliphatic heterocycles. The first-order valence-corrected chi connectivity index (χ1v) is 7.47. The van der Waals surface area contributed by atoms with Crippen LogP contribution in [0.3, 0.4) is 0 Å². The Kier molecular flexibility index (Phi) is 5.01. The van der Waals surface area contributed by atoms with Crippen LogP contribution in [0.25, 0.3) is 11.0 Å². The minimum Gasteiger partial charge on any atom is -0.494 e. The van der Waals surface area contributed by atoms with Gasteiger partial charge in [0.1, 0.15) is 11.6 Å². The Morgan fingerprint density at radius 2 is 2.15 bits per heavy atom. The predicted molar refractivity (Wildman–Crippen MR) is 83.1 cm³/mol. The molecule has 0 bridgehead atoms. The Balaban J connectivity index is 2.38. The van der Waals surface area contributed by atoms with E-state index in [9.17, 15) is 0 Å². The summed E-state index contributed by atoms with van der Waals surface area (Å²) in [5, 5.41) is 0. The molecule has 4 nitrogen and oxygen atoms in total. The summed E-state index contributed by atoms with van der Waals surface area (Å²) in [5.74, 6) is 2.55. The molecule has 2 N–H and O–H groups in total. The summed E-state index contributed by atoms with van der Waals surface area (Å²) in [6, 6.07) is 6.17. The number of ether oxygens (including phenoxy) is 1. The van der Waals surface area contributed by atoms with Crippen LogP contribution in [0, 0.1) is 5.92 Å². The lowest BCUT2D eigenvalue weighted by molar-refractivity contribution is 0.318. The minimum atomic E-state index is 0.583. The molecule has 110 valence electrons. The normalized spacial score (nSPS) is 11.4. The molecule has 20 heavy (non-hydrogen) atoms. The van der Waals surface area contributed by atoms with E-state index in [1.807, 2.05) is 12.1 Å². The Hall–Kier alpha value is -1.55. The zero-order chi connectivity index (χ0) is 14.5.